The summed E-state index contributed by atoms with van der Waals surface area (Å²) in [4.78, 5) is 20.7. The first-order valence-corrected chi connectivity index (χ1v) is 7.03. The summed E-state index contributed by atoms with van der Waals surface area (Å²) in [7, 11) is 0. The highest BCUT2D eigenvalue weighted by molar-refractivity contribution is 5.82. The molecule has 7 nitrogen and oxygen atoms in total. The smallest absolute Gasteiger partial charge is 0.237 e. The van der Waals surface area contributed by atoms with Crippen LogP contribution in [-0.4, -0.2) is 63.7 Å². The van der Waals surface area contributed by atoms with Gasteiger partial charge in [-0.25, -0.2) is 5.10 Å². The fraction of sp³-hybridized carbons (Fsp3) is 0.769. The van der Waals surface area contributed by atoms with Crippen LogP contribution in [0.15, 0.2) is 6.33 Å². The lowest BCUT2D eigenvalue weighted by molar-refractivity contribution is -0.127. The summed E-state index contributed by atoms with van der Waals surface area (Å²) in [5.41, 5.74) is -0.187. The minimum Gasteiger partial charge on any atom is -0.350 e. The molecule has 1 saturated heterocycles. The Labute approximate surface area is 119 Å². The zero-order valence-corrected chi connectivity index (χ0v) is 12.7. The average molecular weight is 280 g/mol. The number of piperazine rings is 1. The molecule has 2 heterocycles. The number of hydrogen-bond acceptors (Lipinski definition) is 5. The molecule has 1 amide bonds. The molecule has 112 valence electrons. The minimum atomic E-state index is -0.187. The number of nitrogens with one attached hydrogen (secondary N) is 2. The maximum atomic E-state index is 12.2. The Hall–Kier alpha value is -1.63. The number of aromatic nitrogens is 3. The Balaban J connectivity index is 1.85. The van der Waals surface area contributed by atoms with E-state index in [1.165, 1.54) is 6.33 Å². The first kappa shape index (κ1) is 14.8. The lowest BCUT2D eigenvalue weighted by Crippen LogP contribution is -2.56. The highest BCUT2D eigenvalue weighted by atomic mass is 16.2. The van der Waals surface area contributed by atoms with Crippen LogP contribution < -0.4 is 10.2 Å². The fourth-order valence-electron chi connectivity index (χ4n) is 2.31. The van der Waals surface area contributed by atoms with Crippen molar-refractivity contribution in [2.75, 3.05) is 31.1 Å². The summed E-state index contributed by atoms with van der Waals surface area (Å²) in [6.45, 7) is 11.4. The molecule has 0 aromatic carbocycles. The van der Waals surface area contributed by atoms with Crippen molar-refractivity contribution in [2.24, 2.45) is 0 Å². The third-order valence-electron chi connectivity index (χ3n) is 3.44. The van der Waals surface area contributed by atoms with Gasteiger partial charge in [0.05, 0.1) is 6.04 Å². The summed E-state index contributed by atoms with van der Waals surface area (Å²) in [6, 6.07) is -0.105. The second-order valence-corrected chi connectivity index (χ2v) is 6.25. The van der Waals surface area contributed by atoms with Crippen molar-refractivity contribution >= 4 is 11.9 Å². The summed E-state index contributed by atoms with van der Waals surface area (Å²) >= 11 is 0. The van der Waals surface area contributed by atoms with Crippen LogP contribution >= 0.6 is 0 Å². The lowest BCUT2D eigenvalue weighted by Gasteiger charge is -2.38. The zero-order valence-electron chi connectivity index (χ0n) is 12.7. The normalized spacial score (nSPS) is 18.9. The van der Waals surface area contributed by atoms with Gasteiger partial charge < -0.3 is 10.2 Å². The molecule has 0 unspecified atom stereocenters. The van der Waals surface area contributed by atoms with Crippen molar-refractivity contribution < 1.29 is 4.79 Å². The van der Waals surface area contributed by atoms with E-state index in [-0.39, 0.29) is 17.5 Å². The predicted molar refractivity (Wildman–Crippen MR) is 77.5 cm³/mol. The Morgan fingerprint density at radius 2 is 2.00 bits per heavy atom. The Morgan fingerprint density at radius 1 is 1.35 bits per heavy atom. The van der Waals surface area contributed by atoms with E-state index in [0.717, 1.165) is 32.1 Å². The first-order valence-electron chi connectivity index (χ1n) is 7.03. The van der Waals surface area contributed by atoms with Gasteiger partial charge in [0.1, 0.15) is 6.33 Å². The first-order chi connectivity index (χ1) is 9.37. The van der Waals surface area contributed by atoms with Crippen molar-refractivity contribution in [2.45, 2.75) is 39.3 Å². The zero-order chi connectivity index (χ0) is 14.8. The maximum Gasteiger partial charge on any atom is 0.237 e. The lowest BCUT2D eigenvalue weighted by atomic mass is 10.1. The average Bonchev–Trinajstić information content (AvgIpc) is 2.90. The summed E-state index contributed by atoms with van der Waals surface area (Å²) in [6.07, 6.45) is 1.51. The largest absolute Gasteiger partial charge is 0.350 e. The van der Waals surface area contributed by atoms with E-state index < -0.39 is 0 Å². The van der Waals surface area contributed by atoms with E-state index in [9.17, 15) is 4.79 Å². The highest BCUT2D eigenvalue weighted by Gasteiger charge is 2.28. The molecule has 1 aromatic heterocycles. The van der Waals surface area contributed by atoms with Crippen LogP contribution in [0.3, 0.4) is 0 Å². The van der Waals surface area contributed by atoms with Crippen LogP contribution in [0.5, 0.6) is 0 Å². The molecule has 7 heteroatoms. The van der Waals surface area contributed by atoms with Gasteiger partial charge in [0.25, 0.3) is 0 Å². The molecular formula is C13H24N6O. The molecule has 0 aliphatic carbocycles. The predicted octanol–water partition coefficient (Wildman–Crippen LogP) is 0.230. The van der Waals surface area contributed by atoms with E-state index in [1.54, 1.807) is 0 Å². The summed E-state index contributed by atoms with van der Waals surface area (Å²) in [5, 5.41) is 9.77. The van der Waals surface area contributed by atoms with Gasteiger partial charge in [-0.2, -0.15) is 10.1 Å². The Kier molecular flexibility index (Phi) is 4.27. The van der Waals surface area contributed by atoms with E-state index in [0.29, 0.717) is 0 Å². The molecule has 0 spiro atoms. The van der Waals surface area contributed by atoms with Crippen LogP contribution in [0.1, 0.15) is 27.7 Å². The third-order valence-corrected chi connectivity index (χ3v) is 3.44. The quantitative estimate of drug-likeness (QED) is 0.829. The molecule has 1 fully saturated rings. The van der Waals surface area contributed by atoms with E-state index >= 15 is 0 Å². The topological polar surface area (TPSA) is 77.2 Å². The van der Waals surface area contributed by atoms with Crippen LogP contribution in [0.4, 0.5) is 5.95 Å². The van der Waals surface area contributed by atoms with Crippen molar-refractivity contribution in [3.8, 4) is 0 Å². The van der Waals surface area contributed by atoms with Crippen LogP contribution in [-0.2, 0) is 4.79 Å². The second-order valence-electron chi connectivity index (χ2n) is 6.25. The Morgan fingerprint density at radius 3 is 2.50 bits per heavy atom. The van der Waals surface area contributed by atoms with E-state index in [2.05, 4.69) is 30.3 Å². The van der Waals surface area contributed by atoms with Gasteiger partial charge in [-0.1, -0.05) is 0 Å². The molecule has 2 N–H and O–H groups in total. The molecule has 0 saturated carbocycles. The van der Waals surface area contributed by atoms with Gasteiger partial charge in [0.15, 0.2) is 0 Å². The summed E-state index contributed by atoms with van der Waals surface area (Å²) < 4.78 is 0. The number of nitrogens with zero attached hydrogens (tertiary/aromatic N) is 4. The molecule has 1 atom stereocenters. The molecule has 0 bridgehead atoms. The third kappa shape index (κ3) is 3.69. The van der Waals surface area contributed by atoms with Crippen LogP contribution in [0.2, 0.25) is 0 Å². The van der Waals surface area contributed by atoms with Gasteiger partial charge in [0.2, 0.25) is 11.9 Å². The molecule has 2 rings (SSSR count). The highest BCUT2D eigenvalue weighted by Crippen LogP contribution is 2.12. The van der Waals surface area contributed by atoms with Crippen LogP contribution in [0, 0.1) is 0 Å². The van der Waals surface area contributed by atoms with Crippen molar-refractivity contribution in [3.63, 3.8) is 0 Å². The van der Waals surface area contributed by atoms with E-state index in [1.807, 2.05) is 27.7 Å². The molecule has 20 heavy (non-hydrogen) atoms. The number of anilines is 1. The molecule has 1 aliphatic heterocycles. The number of amides is 1. The number of aromatic amines is 1. The number of H-pyrrole nitrogens is 1. The van der Waals surface area contributed by atoms with E-state index in [4.69, 9.17) is 0 Å². The number of hydrogen-bond donors (Lipinski definition) is 2. The van der Waals surface area contributed by atoms with Crippen molar-refractivity contribution in [1.82, 2.24) is 25.4 Å². The van der Waals surface area contributed by atoms with Gasteiger partial charge in [-0.15, -0.1) is 0 Å². The molecule has 1 aromatic rings. The van der Waals surface area contributed by atoms with Gasteiger partial charge in [0, 0.05) is 31.7 Å². The van der Waals surface area contributed by atoms with Gasteiger partial charge in [-0.3, -0.25) is 9.69 Å². The van der Waals surface area contributed by atoms with Crippen molar-refractivity contribution in [3.05, 3.63) is 6.33 Å². The van der Waals surface area contributed by atoms with Crippen molar-refractivity contribution in [1.29, 1.82) is 0 Å². The monoisotopic (exact) mass is 280 g/mol. The summed E-state index contributed by atoms with van der Waals surface area (Å²) in [5.74, 6) is 0.891. The fourth-order valence-corrected chi connectivity index (χ4v) is 2.31. The van der Waals surface area contributed by atoms with Gasteiger partial charge >= 0.3 is 0 Å². The SMILES string of the molecule is C[C@H](C(=O)NC(C)(C)C)N1CCN(c2ncn[nH]2)CC1. The second kappa shape index (κ2) is 5.78. The number of rotatable bonds is 3. The minimum absolute atomic E-state index is 0.0885. The molecular weight excluding hydrogens is 256 g/mol. The standard InChI is InChI=1S/C13H24N6O/c1-10(11(20)16-13(2,3)4)18-5-7-19(8-6-18)12-14-9-15-17-12/h9-10H,5-8H2,1-4H3,(H,16,20)(H,14,15,17)/t10-/m1/s1. The molecule has 1 aliphatic rings. The number of carbonyl (C=O) groups is 1. The number of carbonyl (C=O) groups excluding carboxylic acids is 1. The Bertz CT molecular complexity index is 430. The van der Waals surface area contributed by atoms with Gasteiger partial charge in [-0.05, 0) is 27.7 Å². The molecule has 0 radical (unpaired) electrons. The maximum absolute atomic E-state index is 12.2. The van der Waals surface area contributed by atoms with Crippen LogP contribution in [0.25, 0.3) is 0 Å².